The van der Waals surface area contributed by atoms with Gasteiger partial charge in [0, 0.05) is 12.1 Å². The van der Waals surface area contributed by atoms with E-state index in [0.29, 0.717) is 17.9 Å². The fourth-order valence-corrected chi connectivity index (χ4v) is 2.20. The molecule has 1 heterocycles. The van der Waals surface area contributed by atoms with Gasteiger partial charge in [-0.3, -0.25) is 19.7 Å². The topological polar surface area (TPSA) is 75.7 Å². The van der Waals surface area contributed by atoms with Crippen molar-refractivity contribution in [2.45, 2.75) is 19.4 Å². The molecule has 20 heavy (non-hydrogen) atoms. The lowest BCUT2D eigenvalue weighted by Gasteiger charge is -2.25. The number of imide groups is 1. The van der Waals surface area contributed by atoms with Gasteiger partial charge in [0.15, 0.2) is 0 Å². The zero-order valence-corrected chi connectivity index (χ0v) is 11.4. The lowest BCUT2D eigenvalue weighted by atomic mass is 10.1. The first kappa shape index (κ1) is 14.0. The van der Waals surface area contributed by atoms with Crippen LogP contribution in [-0.4, -0.2) is 42.3 Å². The molecule has 0 bridgehead atoms. The average Bonchev–Trinajstić information content (AvgIpc) is 2.78. The van der Waals surface area contributed by atoms with E-state index in [1.54, 1.807) is 38.3 Å². The molecule has 1 N–H and O–H groups in total. The summed E-state index contributed by atoms with van der Waals surface area (Å²) in [6.07, 6.45) is 0.0224. The Morgan fingerprint density at radius 1 is 1.35 bits per heavy atom. The van der Waals surface area contributed by atoms with E-state index < -0.39 is 11.9 Å². The number of carbonyl (C=O) groups excluding carboxylic acids is 3. The molecule has 106 valence electrons. The third-order valence-electron chi connectivity index (χ3n) is 3.26. The largest absolute Gasteiger partial charge is 0.497 e. The Kier molecular flexibility index (Phi) is 4.02. The standard InChI is InChI=1S/C14H16N2O4/c1-3-16(11-8-12(17)15-13(11)18)14(19)9-4-6-10(20-2)7-5-9/h4-7,11H,3,8H2,1-2H3,(H,15,17,18)/t11-/m1/s1. The minimum Gasteiger partial charge on any atom is -0.497 e. The van der Waals surface area contributed by atoms with Crippen LogP contribution in [0.25, 0.3) is 0 Å². The Morgan fingerprint density at radius 2 is 2.00 bits per heavy atom. The molecule has 1 atom stereocenters. The van der Waals surface area contributed by atoms with Crippen LogP contribution < -0.4 is 10.1 Å². The Labute approximate surface area is 116 Å². The maximum absolute atomic E-state index is 12.4. The molecule has 0 spiro atoms. The van der Waals surface area contributed by atoms with E-state index >= 15 is 0 Å². The maximum Gasteiger partial charge on any atom is 0.254 e. The molecule has 0 radical (unpaired) electrons. The van der Waals surface area contributed by atoms with Crippen molar-refractivity contribution in [2.24, 2.45) is 0 Å². The first-order valence-corrected chi connectivity index (χ1v) is 6.35. The van der Waals surface area contributed by atoms with Crippen LogP contribution in [0.1, 0.15) is 23.7 Å². The molecule has 1 saturated heterocycles. The SMILES string of the molecule is CCN(C(=O)c1ccc(OC)cc1)[C@@H]1CC(=O)NC1=O. The molecular formula is C14H16N2O4. The number of hydrogen-bond donors (Lipinski definition) is 1. The average molecular weight is 276 g/mol. The molecule has 2 rings (SSSR count). The van der Waals surface area contributed by atoms with Crippen LogP contribution in [0, 0.1) is 0 Å². The second kappa shape index (κ2) is 5.73. The van der Waals surface area contributed by atoms with Gasteiger partial charge in [-0.15, -0.1) is 0 Å². The highest BCUT2D eigenvalue weighted by atomic mass is 16.5. The summed E-state index contributed by atoms with van der Waals surface area (Å²) in [5.41, 5.74) is 0.458. The first-order valence-electron chi connectivity index (χ1n) is 6.35. The third kappa shape index (κ3) is 2.64. The van der Waals surface area contributed by atoms with Gasteiger partial charge in [0.25, 0.3) is 5.91 Å². The summed E-state index contributed by atoms with van der Waals surface area (Å²) in [5, 5.41) is 2.21. The van der Waals surface area contributed by atoms with E-state index in [4.69, 9.17) is 4.74 Å². The van der Waals surface area contributed by atoms with Gasteiger partial charge in [-0.25, -0.2) is 0 Å². The van der Waals surface area contributed by atoms with E-state index in [1.165, 1.54) is 4.90 Å². The molecule has 0 unspecified atom stereocenters. The molecule has 6 nitrogen and oxygen atoms in total. The highest BCUT2D eigenvalue weighted by Gasteiger charge is 2.37. The number of benzene rings is 1. The smallest absolute Gasteiger partial charge is 0.254 e. The highest BCUT2D eigenvalue weighted by Crippen LogP contribution is 2.17. The normalized spacial score (nSPS) is 17.8. The van der Waals surface area contributed by atoms with Crippen LogP contribution in [0.2, 0.25) is 0 Å². The second-order valence-corrected chi connectivity index (χ2v) is 4.45. The van der Waals surface area contributed by atoms with E-state index in [2.05, 4.69) is 5.32 Å². The lowest BCUT2D eigenvalue weighted by Crippen LogP contribution is -2.44. The summed E-state index contributed by atoms with van der Waals surface area (Å²) in [7, 11) is 1.55. The number of nitrogens with one attached hydrogen (secondary N) is 1. The summed E-state index contributed by atoms with van der Waals surface area (Å²) in [5.74, 6) is -0.386. The van der Waals surface area contributed by atoms with Crippen molar-refractivity contribution in [2.75, 3.05) is 13.7 Å². The third-order valence-corrected chi connectivity index (χ3v) is 3.26. The maximum atomic E-state index is 12.4. The Balaban J connectivity index is 2.20. The molecule has 0 aromatic heterocycles. The molecule has 1 fully saturated rings. The predicted octanol–water partition coefficient (Wildman–Crippen LogP) is 0.572. The first-order chi connectivity index (χ1) is 9.56. The van der Waals surface area contributed by atoms with Gasteiger partial charge in [-0.1, -0.05) is 0 Å². The van der Waals surface area contributed by atoms with Crippen molar-refractivity contribution in [3.63, 3.8) is 0 Å². The van der Waals surface area contributed by atoms with Gasteiger partial charge in [-0.05, 0) is 31.2 Å². The molecule has 6 heteroatoms. The number of hydrogen-bond acceptors (Lipinski definition) is 4. The molecule has 1 aliphatic rings. The second-order valence-electron chi connectivity index (χ2n) is 4.45. The van der Waals surface area contributed by atoms with Crippen molar-refractivity contribution in [3.8, 4) is 5.75 Å². The molecule has 0 saturated carbocycles. The minimum atomic E-state index is -0.720. The zero-order chi connectivity index (χ0) is 14.7. The van der Waals surface area contributed by atoms with E-state index in [9.17, 15) is 14.4 Å². The fourth-order valence-electron chi connectivity index (χ4n) is 2.20. The van der Waals surface area contributed by atoms with Crippen LogP contribution in [0.15, 0.2) is 24.3 Å². The Hall–Kier alpha value is -2.37. The van der Waals surface area contributed by atoms with E-state index in [-0.39, 0.29) is 18.2 Å². The summed E-state index contributed by atoms with van der Waals surface area (Å²) in [4.78, 5) is 36.7. The van der Waals surface area contributed by atoms with Crippen molar-refractivity contribution in [3.05, 3.63) is 29.8 Å². The van der Waals surface area contributed by atoms with Gasteiger partial charge >= 0.3 is 0 Å². The van der Waals surface area contributed by atoms with E-state index in [1.807, 2.05) is 0 Å². The quantitative estimate of drug-likeness (QED) is 0.816. The number of methoxy groups -OCH3 is 1. The number of amides is 3. The number of carbonyl (C=O) groups is 3. The van der Waals surface area contributed by atoms with Crippen molar-refractivity contribution in [1.29, 1.82) is 0 Å². The monoisotopic (exact) mass is 276 g/mol. The minimum absolute atomic E-state index is 0.0224. The van der Waals surface area contributed by atoms with Gasteiger partial charge < -0.3 is 9.64 Å². The summed E-state index contributed by atoms with van der Waals surface area (Å²) in [6, 6.07) is 5.92. The number of ether oxygens (including phenoxy) is 1. The summed E-state index contributed by atoms with van der Waals surface area (Å²) in [6.45, 7) is 2.13. The predicted molar refractivity (Wildman–Crippen MR) is 71.3 cm³/mol. The van der Waals surface area contributed by atoms with Crippen LogP contribution in [0.5, 0.6) is 5.75 Å². The summed E-state index contributed by atoms with van der Waals surface area (Å²) >= 11 is 0. The molecule has 1 aromatic carbocycles. The van der Waals surface area contributed by atoms with Gasteiger partial charge in [-0.2, -0.15) is 0 Å². The number of rotatable bonds is 4. The van der Waals surface area contributed by atoms with Crippen molar-refractivity contribution < 1.29 is 19.1 Å². The molecule has 1 aromatic rings. The Bertz CT molecular complexity index is 539. The lowest BCUT2D eigenvalue weighted by molar-refractivity contribution is -0.126. The summed E-state index contributed by atoms with van der Waals surface area (Å²) < 4.78 is 5.03. The zero-order valence-electron chi connectivity index (χ0n) is 11.4. The van der Waals surface area contributed by atoms with Crippen molar-refractivity contribution in [1.82, 2.24) is 10.2 Å². The van der Waals surface area contributed by atoms with E-state index in [0.717, 1.165) is 0 Å². The highest BCUT2D eigenvalue weighted by molar-refractivity contribution is 6.08. The number of nitrogens with zero attached hydrogens (tertiary/aromatic N) is 1. The van der Waals surface area contributed by atoms with Crippen molar-refractivity contribution >= 4 is 17.7 Å². The molecular weight excluding hydrogens is 260 g/mol. The van der Waals surface area contributed by atoms with Crippen LogP contribution >= 0.6 is 0 Å². The number of likely N-dealkylation sites (N-methyl/N-ethyl adjacent to an activating group) is 1. The van der Waals surface area contributed by atoms with Gasteiger partial charge in [0.05, 0.1) is 13.5 Å². The molecule has 0 aliphatic carbocycles. The van der Waals surface area contributed by atoms with Crippen LogP contribution in [0.3, 0.4) is 0 Å². The van der Waals surface area contributed by atoms with Crippen LogP contribution in [-0.2, 0) is 9.59 Å². The molecule has 1 aliphatic heterocycles. The molecule has 3 amide bonds. The van der Waals surface area contributed by atoms with Crippen LogP contribution in [0.4, 0.5) is 0 Å². The van der Waals surface area contributed by atoms with Gasteiger partial charge in [0.1, 0.15) is 11.8 Å². The van der Waals surface area contributed by atoms with Gasteiger partial charge in [0.2, 0.25) is 11.8 Å². The Morgan fingerprint density at radius 3 is 2.45 bits per heavy atom. The fraction of sp³-hybridized carbons (Fsp3) is 0.357.